The highest BCUT2D eigenvalue weighted by atomic mass is 127. The van der Waals surface area contributed by atoms with Gasteiger partial charge in [0.1, 0.15) is 0 Å². The van der Waals surface area contributed by atoms with Crippen molar-refractivity contribution >= 4 is 35.8 Å². The maximum atomic E-state index is 12.4. The first-order chi connectivity index (χ1) is 12.8. The predicted octanol–water partition coefficient (Wildman–Crippen LogP) is 2.13. The Labute approximate surface area is 179 Å². The van der Waals surface area contributed by atoms with E-state index in [1.807, 2.05) is 0 Å². The monoisotopic (exact) mass is 517 g/mol. The van der Waals surface area contributed by atoms with Crippen LogP contribution in [0.25, 0.3) is 0 Å². The van der Waals surface area contributed by atoms with Crippen molar-refractivity contribution in [3.8, 4) is 0 Å². The molecule has 11 heteroatoms. The first kappa shape index (κ1) is 24.5. The number of carbonyl (C=O) groups is 1. The van der Waals surface area contributed by atoms with Crippen LogP contribution in [0.5, 0.6) is 0 Å². The number of hydrogen-bond donors (Lipinski definition) is 3. The Morgan fingerprint density at radius 1 is 1.36 bits per heavy atom. The number of hydrogen-bond acceptors (Lipinski definition) is 4. The molecule has 7 nitrogen and oxygen atoms in total. The van der Waals surface area contributed by atoms with E-state index in [2.05, 4.69) is 20.9 Å². The molecule has 0 bridgehead atoms. The van der Waals surface area contributed by atoms with E-state index < -0.39 is 12.7 Å². The molecule has 0 spiro atoms. The molecule has 0 aromatic carbocycles. The molecule has 2 heterocycles. The van der Waals surface area contributed by atoms with E-state index in [4.69, 9.17) is 4.42 Å². The Balaban J connectivity index is 0.00000392. The fourth-order valence-electron chi connectivity index (χ4n) is 2.92. The molecule has 0 saturated carbocycles. The van der Waals surface area contributed by atoms with Crippen molar-refractivity contribution in [2.75, 3.05) is 39.8 Å². The Hall–Kier alpha value is -1.50. The molecule has 2 rings (SSSR count). The highest BCUT2D eigenvalue weighted by Crippen LogP contribution is 2.19. The number of nitrogens with zero attached hydrogens (tertiary/aromatic N) is 2. The Bertz CT molecular complexity index is 651. The lowest BCUT2D eigenvalue weighted by Gasteiger charge is -2.19. The topological polar surface area (TPSA) is 81.9 Å². The summed E-state index contributed by atoms with van der Waals surface area (Å²) in [6.45, 7) is 2.69. The van der Waals surface area contributed by atoms with E-state index in [1.165, 1.54) is 11.2 Å². The number of guanidine groups is 1. The summed E-state index contributed by atoms with van der Waals surface area (Å²) in [5, 5.41) is 9.01. The molecule has 1 aliphatic rings. The van der Waals surface area contributed by atoms with E-state index in [0.29, 0.717) is 50.7 Å². The van der Waals surface area contributed by atoms with Gasteiger partial charge < -0.3 is 20.4 Å². The van der Waals surface area contributed by atoms with Crippen LogP contribution in [-0.2, 0) is 0 Å². The van der Waals surface area contributed by atoms with Gasteiger partial charge in [-0.05, 0) is 25.8 Å². The van der Waals surface area contributed by atoms with E-state index in [0.717, 1.165) is 5.56 Å². The maximum Gasteiger partial charge on any atom is 0.401 e. The first-order valence-corrected chi connectivity index (χ1v) is 8.87. The summed E-state index contributed by atoms with van der Waals surface area (Å²) in [4.78, 5) is 17.4. The highest BCUT2D eigenvalue weighted by Gasteiger charge is 2.34. The summed E-state index contributed by atoms with van der Waals surface area (Å²) in [5.41, 5.74) is 0.784. The van der Waals surface area contributed by atoms with Gasteiger partial charge in [0.15, 0.2) is 11.7 Å². The smallest absolute Gasteiger partial charge is 0.401 e. The average molecular weight is 517 g/mol. The van der Waals surface area contributed by atoms with Crippen LogP contribution in [0.3, 0.4) is 0 Å². The van der Waals surface area contributed by atoms with Crippen molar-refractivity contribution < 1.29 is 22.4 Å². The summed E-state index contributed by atoms with van der Waals surface area (Å²) in [6, 6.07) is 1.66. The number of alkyl halides is 3. The molecule has 1 aromatic heterocycles. The summed E-state index contributed by atoms with van der Waals surface area (Å²) in [6.07, 6.45) is -1.40. The molecular formula is C17H27F3IN5O2. The Morgan fingerprint density at radius 3 is 2.68 bits per heavy atom. The maximum absolute atomic E-state index is 12.4. The molecule has 0 aliphatic carbocycles. The van der Waals surface area contributed by atoms with Crippen LogP contribution < -0.4 is 16.0 Å². The van der Waals surface area contributed by atoms with Gasteiger partial charge >= 0.3 is 6.18 Å². The normalized spacial score (nSPS) is 17.9. The van der Waals surface area contributed by atoms with Gasteiger partial charge in [-0.3, -0.25) is 14.7 Å². The standard InChI is InChI=1S/C17H26F3N5O2.HI/c1-12-5-9-27-14(12)15(26)22-6-3-7-23-16(21-2)24-13-4-8-25(10-13)11-17(18,19)20;/h5,9,13H,3-4,6-8,10-11H2,1-2H3,(H,22,26)(H2,21,23,24);1H. The zero-order valence-electron chi connectivity index (χ0n) is 15.9. The molecule has 1 unspecified atom stereocenters. The van der Waals surface area contributed by atoms with Crippen LogP contribution in [0.1, 0.15) is 29.0 Å². The van der Waals surface area contributed by atoms with Gasteiger partial charge in [-0.15, -0.1) is 24.0 Å². The van der Waals surface area contributed by atoms with Crippen LogP contribution in [0.2, 0.25) is 0 Å². The molecular weight excluding hydrogens is 490 g/mol. The number of likely N-dealkylation sites (tertiary alicyclic amines) is 1. The van der Waals surface area contributed by atoms with Crippen LogP contribution in [0, 0.1) is 6.92 Å². The quantitative estimate of drug-likeness (QED) is 0.224. The van der Waals surface area contributed by atoms with Gasteiger partial charge in [-0.1, -0.05) is 0 Å². The van der Waals surface area contributed by atoms with Gasteiger partial charge in [0.2, 0.25) is 0 Å². The van der Waals surface area contributed by atoms with E-state index in [9.17, 15) is 18.0 Å². The number of carbonyl (C=O) groups excluding carboxylic acids is 1. The summed E-state index contributed by atoms with van der Waals surface area (Å²) in [7, 11) is 1.61. The lowest BCUT2D eigenvalue weighted by atomic mass is 10.2. The molecule has 28 heavy (non-hydrogen) atoms. The molecule has 1 amide bonds. The van der Waals surface area contributed by atoms with Crippen LogP contribution >= 0.6 is 24.0 Å². The Kier molecular flexibility index (Phi) is 10.1. The number of nitrogens with one attached hydrogen (secondary N) is 3. The van der Waals surface area contributed by atoms with Gasteiger partial charge in [0.05, 0.1) is 12.8 Å². The number of amides is 1. The van der Waals surface area contributed by atoms with Gasteiger partial charge in [-0.2, -0.15) is 13.2 Å². The second kappa shape index (κ2) is 11.5. The van der Waals surface area contributed by atoms with Crippen molar-refractivity contribution in [3.63, 3.8) is 0 Å². The minimum Gasteiger partial charge on any atom is -0.459 e. The second-order valence-corrected chi connectivity index (χ2v) is 6.52. The van der Waals surface area contributed by atoms with Crippen LogP contribution in [0.4, 0.5) is 13.2 Å². The van der Waals surface area contributed by atoms with Crippen molar-refractivity contribution in [1.29, 1.82) is 0 Å². The predicted molar refractivity (Wildman–Crippen MR) is 111 cm³/mol. The van der Waals surface area contributed by atoms with E-state index in [-0.39, 0.29) is 35.9 Å². The molecule has 1 aliphatic heterocycles. The molecule has 1 fully saturated rings. The number of rotatable bonds is 7. The SMILES string of the molecule is CN=C(NCCCNC(=O)c1occc1C)NC1CCN(CC(F)(F)F)C1.I. The molecule has 1 saturated heterocycles. The molecule has 160 valence electrons. The molecule has 0 radical (unpaired) electrons. The van der Waals surface area contributed by atoms with Crippen molar-refractivity contribution in [2.45, 2.75) is 32.0 Å². The van der Waals surface area contributed by atoms with Gasteiger partial charge in [0.25, 0.3) is 5.91 Å². The van der Waals surface area contributed by atoms with Crippen molar-refractivity contribution in [2.24, 2.45) is 4.99 Å². The summed E-state index contributed by atoms with van der Waals surface area (Å²) < 4.78 is 42.4. The Morgan fingerprint density at radius 2 is 2.07 bits per heavy atom. The highest BCUT2D eigenvalue weighted by molar-refractivity contribution is 14.0. The third-order valence-electron chi connectivity index (χ3n) is 4.24. The fourth-order valence-corrected chi connectivity index (χ4v) is 2.92. The number of halogens is 4. The molecule has 1 aromatic rings. The zero-order chi connectivity index (χ0) is 19.9. The first-order valence-electron chi connectivity index (χ1n) is 8.87. The van der Waals surface area contributed by atoms with Crippen molar-refractivity contribution in [3.05, 3.63) is 23.7 Å². The van der Waals surface area contributed by atoms with E-state index in [1.54, 1.807) is 20.0 Å². The minimum atomic E-state index is -4.17. The van der Waals surface area contributed by atoms with Crippen LogP contribution in [0.15, 0.2) is 21.7 Å². The lowest BCUT2D eigenvalue weighted by molar-refractivity contribution is -0.143. The number of furan rings is 1. The van der Waals surface area contributed by atoms with E-state index >= 15 is 0 Å². The van der Waals surface area contributed by atoms with Crippen molar-refractivity contribution in [1.82, 2.24) is 20.9 Å². The summed E-state index contributed by atoms with van der Waals surface area (Å²) >= 11 is 0. The van der Waals surface area contributed by atoms with Gasteiger partial charge in [-0.25, -0.2) is 0 Å². The van der Waals surface area contributed by atoms with Crippen LogP contribution in [-0.4, -0.2) is 68.8 Å². The minimum absolute atomic E-state index is 0. The number of aryl methyl sites for hydroxylation is 1. The third-order valence-corrected chi connectivity index (χ3v) is 4.24. The largest absolute Gasteiger partial charge is 0.459 e. The van der Waals surface area contributed by atoms with Gasteiger partial charge in [0, 0.05) is 44.8 Å². The fraction of sp³-hybridized carbons (Fsp3) is 0.647. The lowest BCUT2D eigenvalue weighted by Crippen LogP contribution is -2.45. The third kappa shape index (κ3) is 8.25. The summed E-state index contributed by atoms with van der Waals surface area (Å²) in [5.74, 6) is 0.600. The molecule has 1 atom stereocenters. The second-order valence-electron chi connectivity index (χ2n) is 6.52. The number of aliphatic imine (C=N–C) groups is 1. The zero-order valence-corrected chi connectivity index (χ0v) is 18.3. The average Bonchev–Trinajstić information content (AvgIpc) is 3.20. The molecule has 3 N–H and O–H groups in total.